The zero-order valence-electron chi connectivity index (χ0n) is 15.1. The summed E-state index contributed by atoms with van der Waals surface area (Å²) in [7, 11) is 0. The third kappa shape index (κ3) is 1.88. The molecule has 4 nitrogen and oxygen atoms in total. The number of aliphatic hydroxyl groups excluding tert-OH is 2. The molecule has 7 atom stereocenters. The molecule has 5 saturated carbocycles. The minimum atomic E-state index is -0.900. The summed E-state index contributed by atoms with van der Waals surface area (Å²) >= 11 is 0. The standard InChI is InChI=1S/C20H32O4/c1-17-6-5-16(23)18(2,11-21)14(17)4-8-19-7-3-13(9-15(17)19)20(24,10-19)12-22/h13-15,21-22,24H,3-12H2,1-2H3/t13-,14+,15+,17-,18+,19+,20-/m1/s1. The highest BCUT2D eigenvalue weighted by Gasteiger charge is 2.68. The first-order valence-corrected chi connectivity index (χ1v) is 9.71. The Hall–Kier alpha value is -0.450. The van der Waals surface area contributed by atoms with Gasteiger partial charge in [-0.3, -0.25) is 4.79 Å². The van der Waals surface area contributed by atoms with Gasteiger partial charge in [0.1, 0.15) is 5.78 Å². The quantitative estimate of drug-likeness (QED) is 0.723. The molecule has 0 heterocycles. The van der Waals surface area contributed by atoms with Gasteiger partial charge in [0.05, 0.1) is 24.2 Å². The second-order valence-corrected chi connectivity index (χ2v) is 9.92. The third-order valence-corrected chi connectivity index (χ3v) is 9.09. The summed E-state index contributed by atoms with van der Waals surface area (Å²) in [6.07, 6.45) is 7.34. The molecule has 0 saturated heterocycles. The fraction of sp³-hybridized carbons (Fsp3) is 0.950. The van der Waals surface area contributed by atoms with Gasteiger partial charge in [-0.25, -0.2) is 0 Å². The van der Waals surface area contributed by atoms with E-state index in [2.05, 4.69) is 6.92 Å². The topological polar surface area (TPSA) is 77.8 Å². The summed E-state index contributed by atoms with van der Waals surface area (Å²) in [5.74, 6) is 1.17. The van der Waals surface area contributed by atoms with Crippen molar-refractivity contribution in [2.24, 2.45) is 34.0 Å². The normalized spacial score (nSPS) is 56.7. The minimum absolute atomic E-state index is 0.0458. The first kappa shape index (κ1) is 17.0. The van der Waals surface area contributed by atoms with Crippen molar-refractivity contribution in [3.05, 3.63) is 0 Å². The molecule has 0 unspecified atom stereocenters. The molecule has 5 rings (SSSR count). The third-order valence-electron chi connectivity index (χ3n) is 9.09. The van der Waals surface area contributed by atoms with Gasteiger partial charge in [-0.15, -0.1) is 0 Å². The van der Waals surface area contributed by atoms with Crippen molar-refractivity contribution >= 4 is 5.78 Å². The zero-order chi connectivity index (χ0) is 17.4. The van der Waals surface area contributed by atoms with E-state index in [9.17, 15) is 20.1 Å². The molecular formula is C20H32O4. The van der Waals surface area contributed by atoms with E-state index < -0.39 is 11.0 Å². The SMILES string of the molecule is C[C@@]12CCC(=O)[C@@](C)(CO)[C@H]1CC[C@]13CC[C@H](C[C@H]12)[C@](O)(CO)C3. The summed E-state index contributed by atoms with van der Waals surface area (Å²) < 4.78 is 0. The van der Waals surface area contributed by atoms with Crippen molar-refractivity contribution < 1.29 is 20.1 Å². The van der Waals surface area contributed by atoms with Crippen LogP contribution in [-0.2, 0) is 4.79 Å². The van der Waals surface area contributed by atoms with E-state index in [0.29, 0.717) is 12.3 Å². The van der Waals surface area contributed by atoms with E-state index in [1.165, 1.54) is 0 Å². The van der Waals surface area contributed by atoms with Gasteiger partial charge in [-0.1, -0.05) is 13.8 Å². The van der Waals surface area contributed by atoms with Gasteiger partial charge < -0.3 is 15.3 Å². The predicted molar refractivity (Wildman–Crippen MR) is 90.2 cm³/mol. The van der Waals surface area contributed by atoms with Crippen LogP contribution in [0.2, 0.25) is 0 Å². The van der Waals surface area contributed by atoms with Crippen molar-refractivity contribution in [3.63, 3.8) is 0 Å². The Kier molecular flexibility index (Phi) is 3.57. The number of carbonyl (C=O) groups excluding carboxylic acids is 1. The first-order valence-electron chi connectivity index (χ1n) is 9.71. The van der Waals surface area contributed by atoms with E-state index in [-0.39, 0.29) is 41.7 Å². The van der Waals surface area contributed by atoms with Crippen LogP contribution in [0.4, 0.5) is 0 Å². The van der Waals surface area contributed by atoms with E-state index in [1.54, 1.807) is 0 Å². The second kappa shape index (κ2) is 5.05. The predicted octanol–water partition coefficient (Wildman–Crippen LogP) is 2.29. The zero-order valence-corrected chi connectivity index (χ0v) is 15.1. The number of Topliss-reactive ketones (excluding diaryl/α,β-unsaturated/α-hetero) is 1. The van der Waals surface area contributed by atoms with Gasteiger partial charge in [0, 0.05) is 6.42 Å². The molecule has 24 heavy (non-hydrogen) atoms. The van der Waals surface area contributed by atoms with Crippen LogP contribution in [0.15, 0.2) is 0 Å². The molecule has 2 bridgehead atoms. The highest BCUT2D eigenvalue weighted by Crippen LogP contribution is 2.72. The van der Waals surface area contributed by atoms with Crippen LogP contribution in [0.5, 0.6) is 0 Å². The Bertz CT molecular complexity index is 562. The molecule has 136 valence electrons. The Balaban J connectivity index is 1.73. The van der Waals surface area contributed by atoms with Gasteiger partial charge >= 0.3 is 0 Å². The van der Waals surface area contributed by atoms with Crippen LogP contribution in [0.1, 0.15) is 65.2 Å². The molecule has 0 amide bonds. The number of hydrogen-bond acceptors (Lipinski definition) is 4. The molecule has 0 aromatic carbocycles. The summed E-state index contributed by atoms with van der Waals surface area (Å²) in [5.41, 5.74) is -1.31. The molecule has 3 N–H and O–H groups in total. The number of ketones is 1. The van der Waals surface area contributed by atoms with Gasteiger partial charge in [0.15, 0.2) is 0 Å². The van der Waals surface area contributed by atoms with Crippen LogP contribution in [0, 0.1) is 34.0 Å². The van der Waals surface area contributed by atoms with Crippen LogP contribution < -0.4 is 0 Å². The van der Waals surface area contributed by atoms with Gasteiger partial charge in [-0.2, -0.15) is 0 Å². The van der Waals surface area contributed by atoms with E-state index in [1.807, 2.05) is 6.92 Å². The van der Waals surface area contributed by atoms with Crippen molar-refractivity contribution in [1.29, 1.82) is 0 Å². The highest BCUT2D eigenvalue weighted by atomic mass is 16.3. The van der Waals surface area contributed by atoms with Gasteiger partial charge in [0.25, 0.3) is 0 Å². The largest absolute Gasteiger partial charge is 0.395 e. The maximum atomic E-state index is 12.6. The minimum Gasteiger partial charge on any atom is -0.395 e. The Morgan fingerprint density at radius 3 is 2.42 bits per heavy atom. The first-order chi connectivity index (χ1) is 11.2. The highest BCUT2D eigenvalue weighted by molar-refractivity contribution is 5.86. The van der Waals surface area contributed by atoms with E-state index in [4.69, 9.17) is 0 Å². The van der Waals surface area contributed by atoms with Crippen molar-refractivity contribution in [2.45, 2.75) is 70.8 Å². The molecule has 4 heteroatoms. The lowest BCUT2D eigenvalue weighted by Gasteiger charge is -2.69. The van der Waals surface area contributed by atoms with Crippen LogP contribution in [-0.4, -0.2) is 39.9 Å². The van der Waals surface area contributed by atoms with Crippen LogP contribution in [0.25, 0.3) is 0 Å². The fourth-order valence-corrected chi connectivity index (χ4v) is 7.74. The maximum Gasteiger partial charge on any atom is 0.141 e. The lowest BCUT2D eigenvalue weighted by molar-refractivity contribution is -0.243. The average molecular weight is 336 g/mol. The lowest BCUT2D eigenvalue weighted by atomic mass is 9.35. The molecule has 1 spiro atoms. The van der Waals surface area contributed by atoms with Crippen molar-refractivity contribution in [3.8, 4) is 0 Å². The van der Waals surface area contributed by atoms with Crippen LogP contribution in [0.3, 0.4) is 0 Å². The molecular weight excluding hydrogens is 304 g/mol. The maximum absolute atomic E-state index is 12.6. The molecule has 5 aliphatic carbocycles. The summed E-state index contributed by atoms with van der Waals surface area (Å²) in [5, 5.41) is 30.7. The number of rotatable bonds is 2. The smallest absolute Gasteiger partial charge is 0.141 e. The second-order valence-electron chi connectivity index (χ2n) is 9.92. The number of aliphatic hydroxyl groups is 3. The Morgan fingerprint density at radius 2 is 1.75 bits per heavy atom. The lowest BCUT2D eigenvalue weighted by Crippen LogP contribution is -2.67. The van der Waals surface area contributed by atoms with Crippen molar-refractivity contribution in [1.82, 2.24) is 0 Å². The molecule has 0 aliphatic heterocycles. The molecule has 5 fully saturated rings. The van der Waals surface area contributed by atoms with Gasteiger partial charge in [0.2, 0.25) is 0 Å². The van der Waals surface area contributed by atoms with E-state index in [0.717, 1.165) is 44.9 Å². The summed E-state index contributed by atoms with van der Waals surface area (Å²) in [4.78, 5) is 12.6. The summed E-state index contributed by atoms with van der Waals surface area (Å²) in [6.45, 7) is 4.15. The number of hydrogen-bond donors (Lipinski definition) is 3. The van der Waals surface area contributed by atoms with E-state index >= 15 is 0 Å². The van der Waals surface area contributed by atoms with Gasteiger partial charge in [-0.05, 0) is 73.5 Å². The Labute approximate surface area is 144 Å². The summed E-state index contributed by atoms with van der Waals surface area (Å²) in [6, 6.07) is 0. The van der Waals surface area contributed by atoms with Crippen LogP contribution >= 0.6 is 0 Å². The molecule has 5 aliphatic rings. The molecule has 0 radical (unpaired) electrons. The molecule has 0 aromatic rings. The fourth-order valence-electron chi connectivity index (χ4n) is 7.74. The monoisotopic (exact) mass is 336 g/mol. The number of carbonyl (C=O) groups is 1. The molecule has 0 aromatic heterocycles. The van der Waals surface area contributed by atoms with Crippen molar-refractivity contribution in [2.75, 3.05) is 13.2 Å². The Morgan fingerprint density at radius 1 is 1.04 bits per heavy atom. The number of fused-ring (bicyclic) bond motifs is 3. The average Bonchev–Trinajstić information content (AvgIpc) is 2.58.